The molecular formula is C22H25F2NO2S. The number of carboxylic acids is 1. The zero-order chi connectivity index (χ0) is 19.9. The number of nitrogens with zero attached hydrogens (tertiary/aromatic N) is 1. The van der Waals surface area contributed by atoms with E-state index in [0.717, 1.165) is 23.4 Å². The van der Waals surface area contributed by atoms with Gasteiger partial charge >= 0.3 is 5.97 Å². The summed E-state index contributed by atoms with van der Waals surface area (Å²) in [6.07, 6.45) is 8.79. The van der Waals surface area contributed by atoms with E-state index in [-0.39, 0.29) is 18.4 Å². The van der Waals surface area contributed by atoms with Crippen LogP contribution in [0.2, 0.25) is 0 Å². The number of hydrogen-bond donors (Lipinski definition) is 1. The second-order valence-electron chi connectivity index (χ2n) is 7.25. The van der Waals surface area contributed by atoms with Crippen LogP contribution in [-0.2, 0) is 11.2 Å². The molecule has 0 spiro atoms. The summed E-state index contributed by atoms with van der Waals surface area (Å²) in [5, 5.41) is 10.00. The zero-order valence-corrected chi connectivity index (χ0v) is 16.6. The molecule has 1 fully saturated rings. The van der Waals surface area contributed by atoms with Crippen molar-refractivity contribution in [2.24, 2.45) is 0 Å². The number of hydrogen-bond acceptors (Lipinski definition) is 3. The number of thioether (sulfide) groups is 1. The molecule has 0 atom stereocenters. The van der Waals surface area contributed by atoms with Crippen LogP contribution in [0.5, 0.6) is 0 Å². The van der Waals surface area contributed by atoms with Crippen LogP contribution < -0.4 is 0 Å². The summed E-state index contributed by atoms with van der Waals surface area (Å²) in [7, 11) is 0. The quantitative estimate of drug-likeness (QED) is 0.528. The van der Waals surface area contributed by atoms with Gasteiger partial charge in [-0.15, -0.1) is 11.8 Å². The standard InChI is InChI=1S/C22H25F2NO2S/c23-19-13-15(14-20(24)18(19)9-4-5-11-21(26)27)17-10-6-12-25-22(17)28-16-7-2-1-3-8-16/h6,10,12-14,16H,1-5,7-9,11H2,(H,26,27). The van der Waals surface area contributed by atoms with Crippen LogP contribution in [0.3, 0.4) is 0 Å². The minimum absolute atomic E-state index is 0.0127. The fourth-order valence-corrected chi connectivity index (χ4v) is 4.94. The number of carboxylic acid groups (broad SMARTS) is 1. The largest absolute Gasteiger partial charge is 0.481 e. The smallest absolute Gasteiger partial charge is 0.303 e. The molecule has 1 saturated carbocycles. The highest BCUT2D eigenvalue weighted by atomic mass is 32.2. The molecule has 150 valence electrons. The summed E-state index contributed by atoms with van der Waals surface area (Å²) in [6, 6.07) is 6.39. The lowest BCUT2D eigenvalue weighted by atomic mass is 10.0. The van der Waals surface area contributed by atoms with Gasteiger partial charge < -0.3 is 5.11 Å². The fourth-order valence-electron chi connectivity index (χ4n) is 3.62. The van der Waals surface area contributed by atoms with E-state index in [2.05, 4.69) is 4.98 Å². The van der Waals surface area contributed by atoms with Gasteiger partial charge in [0.2, 0.25) is 0 Å². The molecular weight excluding hydrogens is 380 g/mol. The molecule has 0 saturated heterocycles. The molecule has 0 aliphatic heterocycles. The average molecular weight is 406 g/mol. The molecule has 1 aromatic carbocycles. The summed E-state index contributed by atoms with van der Waals surface area (Å²) in [5.41, 5.74) is 1.28. The van der Waals surface area contributed by atoms with Crippen molar-refractivity contribution in [1.82, 2.24) is 4.98 Å². The number of aliphatic carboxylic acids is 1. The fraction of sp³-hybridized carbons (Fsp3) is 0.455. The van der Waals surface area contributed by atoms with Crippen molar-refractivity contribution in [3.05, 3.63) is 47.7 Å². The van der Waals surface area contributed by atoms with Gasteiger partial charge in [0.15, 0.2) is 0 Å². The third-order valence-electron chi connectivity index (χ3n) is 5.12. The van der Waals surface area contributed by atoms with Crippen LogP contribution in [-0.4, -0.2) is 21.3 Å². The molecule has 0 radical (unpaired) electrons. The van der Waals surface area contributed by atoms with Gasteiger partial charge in [-0.25, -0.2) is 13.8 Å². The number of rotatable bonds is 8. The number of carbonyl (C=O) groups is 1. The molecule has 3 rings (SSSR count). The summed E-state index contributed by atoms with van der Waals surface area (Å²) < 4.78 is 29.2. The van der Waals surface area contributed by atoms with Crippen molar-refractivity contribution in [3.63, 3.8) is 0 Å². The van der Waals surface area contributed by atoms with Gasteiger partial charge in [-0.05, 0) is 55.9 Å². The Morgan fingerprint density at radius 1 is 1.14 bits per heavy atom. The number of halogens is 2. The molecule has 1 N–H and O–H groups in total. The van der Waals surface area contributed by atoms with Crippen molar-refractivity contribution in [3.8, 4) is 11.1 Å². The molecule has 0 unspecified atom stereocenters. The predicted octanol–water partition coefficient (Wildman–Crippen LogP) is 6.25. The lowest BCUT2D eigenvalue weighted by Gasteiger charge is -2.21. The van der Waals surface area contributed by atoms with Crippen LogP contribution in [0.25, 0.3) is 11.1 Å². The Morgan fingerprint density at radius 3 is 2.54 bits per heavy atom. The Labute approximate surface area is 168 Å². The van der Waals surface area contributed by atoms with Gasteiger partial charge in [0.05, 0.1) is 0 Å². The maximum Gasteiger partial charge on any atom is 0.303 e. The number of benzene rings is 1. The molecule has 3 nitrogen and oxygen atoms in total. The van der Waals surface area contributed by atoms with E-state index < -0.39 is 17.6 Å². The van der Waals surface area contributed by atoms with Crippen molar-refractivity contribution < 1.29 is 18.7 Å². The topological polar surface area (TPSA) is 50.2 Å². The van der Waals surface area contributed by atoms with E-state index in [9.17, 15) is 13.6 Å². The molecule has 1 aromatic heterocycles. The Hall–Kier alpha value is -1.95. The first-order valence-corrected chi connectivity index (χ1v) is 10.7. The number of aromatic nitrogens is 1. The SMILES string of the molecule is O=C(O)CCCCc1c(F)cc(-c2cccnc2SC2CCCCC2)cc1F. The number of unbranched alkanes of at least 4 members (excludes halogenated alkanes) is 1. The molecule has 1 aliphatic carbocycles. The van der Waals surface area contributed by atoms with Gasteiger partial charge in [-0.2, -0.15) is 0 Å². The van der Waals surface area contributed by atoms with E-state index in [1.165, 1.54) is 31.4 Å². The first-order chi connectivity index (χ1) is 13.5. The van der Waals surface area contributed by atoms with Gasteiger partial charge in [-0.1, -0.05) is 25.3 Å². The van der Waals surface area contributed by atoms with Gasteiger partial charge in [0.1, 0.15) is 16.7 Å². The predicted molar refractivity (Wildman–Crippen MR) is 108 cm³/mol. The summed E-state index contributed by atoms with van der Waals surface area (Å²) in [6.45, 7) is 0. The van der Waals surface area contributed by atoms with Crippen LogP contribution in [0, 0.1) is 11.6 Å². The van der Waals surface area contributed by atoms with E-state index in [1.807, 2.05) is 6.07 Å². The first kappa shape index (κ1) is 20.8. The minimum atomic E-state index is -0.893. The molecule has 2 aromatic rings. The first-order valence-electron chi connectivity index (χ1n) is 9.86. The van der Waals surface area contributed by atoms with Gasteiger partial charge in [-0.3, -0.25) is 4.79 Å². The Balaban J connectivity index is 1.77. The highest BCUT2D eigenvalue weighted by Crippen LogP contribution is 2.38. The summed E-state index contributed by atoms with van der Waals surface area (Å²) in [5.74, 6) is -2.05. The van der Waals surface area contributed by atoms with E-state index in [0.29, 0.717) is 23.7 Å². The minimum Gasteiger partial charge on any atom is -0.481 e. The van der Waals surface area contributed by atoms with Gasteiger partial charge in [0.25, 0.3) is 0 Å². The molecule has 0 amide bonds. The third-order valence-corrected chi connectivity index (χ3v) is 6.47. The van der Waals surface area contributed by atoms with Crippen molar-refractivity contribution >= 4 is 17.7 Å². The second kappa shape index (κ2) is 10.0. The van der Waals surface area contributed by atoms with Crippen molar-refractivity contribution in [2.45, 2.75) is 68.1 Å². The zero-order valence-electron chi connectivity index (χ0n) is 15.8. The van der Waals surface area contributed by atoms with E-state index >= 15 is 0 Å². The van der Waals surface area contributed by atoms with Gasteiger partial charge in [0, 0.05) is 29.0 Å². The Bertz CT molecular complexity index is 799. The molecule has 1 heterocycles. The highest BCUT2D eigenvalue weighted by Gasteiger charge is 2.19. The van der Waals surface area contributed by atoms with Crippen LogP contribution in [0.4, 0.5) is 8.78 Å². The van der Waals surface area contributed by atoms with E-state index in [4.69, 9.17) is 5.11 Å². The van der Waals surface area contributed by atoms with Crippen LogP contribution in [0.1, 0.15) is 56.9 Å². The normalized spacial score (nSPS) is 14.9. The summed E-state index contributed by atoms with van der Waals surface area (Å²) >= 11 is 1.71. The molecule has 28 heavy (non-hydrogen) atoms. The average Bonchev–Trinajstić information content (AvgIpc) is 2.67. The lowest BCUT2D eigenvalue weighted by molar-refractivity contribution is -0.137. The monoisotopic (exact) mass is 405 g/mol. The van der Waals surface area contributed by atoms with Crippen molar-refractivity contribution in [1.29, 1.82) is 0 Å². The third kappa shape index (κ3) is 5.53. The number of pyridine rings is 1. The second-order valence-corrected chi connectivity index (χ2v) is 8.54. The summed E-state index contributed by atoms with van der Waals surface area (Å²) in [4.78, 5) is 15.0. The van der Waals surface area contributed by atoms with Crippen LogP contribution in [0.15, 0.2) is 35.5 Å². The molecule has 6 heteroatoms. The van der Waals surface area contributed by atoms with Crippen molar-refractivity contribution in [2.75, 3.05) is 0 Å². The maximum absolute atomic E-state index is 14.6. The molecule has 0 bridgehead atoms. The van der Waals surface area contributed by atoms with E-state index in [1.54, 1.807) is 24.0 Å². The lowest BCUT2D eigenvalue weighted by Crippen LogP contribution is -2.08. The maximum atomic E-state index is 14.6. The van der Waals surface area contributed by atoms with Crippen LogP contribution >= 0.6 is 11.8 Å². The highest BCUT2D eigenvalue weighted by molar-refractivity contribution is 8.00. The Kier molecular flexibility index (Phi) is 7.43. The molecule has 1 aliphatic rings. The Morgan fingerprint density at radius 2 is 1.86 bits per heavy atom.